The Balaban J connectivity index is 2.29. The Labute approximate surface area is 136 Å². The van der Waals surface area contributed by atoms with Gasteiger partial charge in [-0.15, -0.1) is 0 Å². The highest BCUT2D eigenvalue weighted by molar-refractivity contribution is 5.93. The second-order valence-electron chi connectivity index (χ2n) is 6.47. The van der Waals surface area contributed by atoms with Crippen molar-refractivity contribution >= 4 is 5.91 Å². The van der Waals surface area contributed by atoms with E-state index in [1.54, 1.807) is 29.5 Å². The zero-order valence-electron chi connectivity index (χ0n) is 14.6. The summed E-state index contributed by atoms with van der Waals surface area (Å²) in [5.41, 5.74) is 2.99. The number of aromatic nitrogens is 4. The van der Waals surface area contributed by atoms with E-state index in [1.807, 2.05) is 27.8 Å². The fraction of sp³-hybridized carbons (Fsp3) is 0.562. The van der Waals surface area contributed by atoms with Gasteiger partial charge in [0.25, 0.3) is 5.91 Å². The van der Waals surface area contributed by atoms with Crippen LogP contribution in [-0.4, -0.2) is 54.6 Å². The van der Waals surface area contributed by atoms with E-state index in [2.05, 4.69) is 15.3 Å². The summed E-state index contributed by atoms with van der Waals surface area (Å²) in [5.74, 6) is -0.174. The molecule has 2 aromatic rings. The summed E-state index contributed by atoms with van der Waals surface area (Å²) in [6.07, 6.45) is 0. The van der Waals surface area contributed by atoms with Gasteiger partial charge in [0.2, 0.25) is 0 Å². The maximum atomic E-state index is 12.6. The number of rotatable bonds is 5. The fourth-order valence-electron chi connectivity index (χ4n) is 2.67. The third kappa shape index (κ3) is 3.61. The fourth-order valence-corrected chi connectivity index (χ4v) is 2.67. The quantitative estimate of drug-likeness (QED) is 0.877. The summed E-state index contributed by atoms with van der Waals surface area (Å²) in [7, 11) is 1.88. The van der Waals surface area contributed by atoms with Gasteiger partial charge in [-0.25, -0.2) is 0 Å². The van der Waals surface area contributed by atoms with Crippen LogP contribution < -0.4 is 0 Å². The van der Waals surface area contributed by atoms with Crippen molar-refractivity contribution in [3.8, 4) is 11.3 Å². The van der Waals surface area contributed by atoms with Gasteiger partial charge in [-0.1, -0.05) is 0 Å². The van der Waals surface area contributed by atoms with Gasteiger partial charge >= 0.3 is 0 Å². The van der Waals surface area contributed by atoms with Crippen molar-refractivity contribution in [3.63, 3.8) is 0 Å². The molecule has 7 nitrogen and oxygen atoms in total. The summed E-state index contributed by atoms with van der Waals surface area (Å²) in [6.45, 7) is 9.93. The lowest BCUT2D eigenvalue weighted by Crippen LogP contribution is -2.42. The van der Waals surface area contributed by atoms with Crippen LogP contribution in [0.25, 0.3) is 11.3 Å². The molecule has 2 N–H and O–H groups in total. The van der Waals surface area contributed by atoms with E-state index in [1.165, 1.54) is 0 Å². The number of H-pyrrole nitrogens is 1. The van der Waals surface area contributed by atoms with Crippen LogP contribution in [0.3, 0.4) is 0 Å². The molecule has 0 saturated carbocycles. The van der Waals surface area contributed by atoms with E-state index < -0.39 is 5.60 Å². The minimum Gasteiger partial charge on any atom is -0.389 e. The lowest BCUT2D eigenvalue weighted by atomic mass is 10.1. The van der Waals surface area contributed by atoms with E-state index in [0.717, 1.165) is 17.0 Å². The molecule has 0 unspecified atom stereocenters. The Hall–Kier alpha value is -2.15. The van der Waals surface area contributed by atoms with Gasteiger partial charge in [0.1, 0.15) is 5.69 Å². The molecule has 126 valence electrons. The van der Waals surface area contributed by atoms with Gasteiger partial charge in [0.05, 0.1) is 17.0 Å². The van der Waals surface area contributed by atoms with E-state index >= 15 is 0 Å². The number of nitrogens with zero attached hydrogens (tertiary/aromatic N) is 4. The number of hydrogen-bond acceptors (Lipinski definition) is 4. The van der Waals surface area contributed by atoms with Crippen molar-refractivity contribution in [2.75, 3.05) is 13.1 Å². The van der Waals surface area contributed by atoms with Crippen molar-refractivity contribution < 1.29 is 9.90 Å². The van der Waals surface area contributed by atoms with Crippen LogP contribution in [-0.2, 0) is 7.05 Å². The summed E-state index contributed by atoms with van der Waals surface area (Å²) in [4.78, 5) is 14.2. The first-order valence-electron chi connectivity index (χ1n) is 7.71. The Morgan fingerprint density at radius 1 is 1.43 bits per heavy atom. The highest BCUT2D eigenvalue weighted by Gasteiger charge is 2.24. The van der Waals surface area contributed by atoms with Crippen LogP contribution in [0.4, 0.5) is 0 Å². The van der Waals surface area contributed by atoms with Gasteiger partial charge in [-0.05, 0) is 40.7 Å². The number of aryl methyl sites for hydroxylation is 2. The van der Waals surface area contributed by atoms with Crippen molar-refractivity contribution in [3.05, 3.63) is 23.1 Å². The van der Waals surface area contributed by atoms with Crippen molar-refractivity contribution in [2.45, 2.75) is 40.2 Å². The molecule has 0 aliphatic carbocycles. The molecule has 0 radical (unpaired) electrons. The molecule has 0 atom stereocenters. The normalized spacial score (nSPS) is 11.8. The average molecular weight is 319 g/mol. The van der Waals surface area contributed by atoms with Crippen molar-refractivity contribution in [1.29, 1.82) is 0 Å². The maximum absolute atomic E-state index is 12.6. The molecule has 2 rings (SSSR count). The number of aromatic amines is 1. The smallest absolute Gasteiger partial charge is 0.271 e. The largest absolute Gasteiger partial charge is 0.389 e. The zero-order valence-corrected chi connectivity index (χ0v) is 14.6. The number of carbonyl (C=O) groups excluding carboxylic acids is 1. The molecule has 0 aliphatic rings. The maximum Gasteiger partial charge on any atom is 0.271 e. The monoisotopic (exact) mass is 319 g/mol. The van der Waals surface area contributed by atoms with Gasteiger partial charge in [0, 0.05) is 31.4 Å². The van der Waals surface area contributed by atoms with E-state index in [9.17, 15) is 9.90 Å². The summed E-state index contributed by atoms with van der Waals surface area (Å²) < 4.78 is 1.80. The molecule has 7 heteroatoms. The summed E-state index contributed by atoms with van der Waals surface area (Å²) in [5, 5.41) is 21.4. The number of carbonyl (C=O) groups is 1. The predicted octanol–water partition coefficient (Wildman–Crippen LogP) is 1.66. The zero-order chi connectivity index (χ0) is 17.4. The topological polar surface area (TPSA) is 87.0 Å². The van der Waals surface area contributed by atoms with Crippen LogP contribution >= 0.6 is 0 Å². The highest BCUT2D eigenvalue weighted by atomic mass is 16.3. The van der Waals surface area contributed by atoms with Crippen LogP contribution in [0.5, 0.6) is 0 Å². The first kappa shape index (κ1) is 17.2. The second-order valence-corrected chi connectivity index (χ2v) is 6.47. The average Bonchev–Trinajstić information content (AvgIpc) is 3.00. The first-order chi connectivity index (χ1) is 10.6. The molecular formula is C16H25N5O2. The molecule has 0 aliphatic heterocycles. The van der Waals surface area contributed by atoms with Crippen LogP contribution in [0.1, 0.15) is 42.6 Å². The second kappa shape index (κ2) is 6.16. The molecular weight excluding hydrogens is 294 g/mol. The van der Waals surface area contributed by atoms with Crippen LogP contribution in [0, 0.1) is 13.8 Å². The van der Waals surface area contributed by atoms with Gasteiger partial charge in [-0.2, -0.15) is 10.2 Å². The Kier molecular flexibility index (Phi) is 4.61. The Morgan fingerprint density at radius 3 is 2.57 bits per heavy atom. The number of nitrogens with one attached hydrogen (secondary N) is 1. The molecule has 0 aromatic carbocycles. The number of amides is 1. The van der Waals surface area contributed by atoms with Gasteiger partial charge < -0.3 is 10.0 Å². The van der Waals surface area contributed by atoms with E-state index in [0.29, 0.717) is 17.9 Å². The van der Waals surface area contributed by atoms with Crippen LogP contribution in [0.2, 0.25) is 0 Å². The molecule has 1 amide bonds. The third-order valence-corrected chi connectivity index (χ3v) is 3.82. The van der Waals surface area contributed by atoms with Crippen LogP contribution in [0.15, 0.2) is 6.07 Å². The summed E-state index contributed by atoms with van der Waals surface area (Å²) >= 11 is 0. The lowest BCUT2D eigenvalue weighted by molar-refractivity contribution is 0.0311. The van der Waals surface area contributed by atoms with Crippen molar-refractivity contribution in [2.24, 2.45) is 7.05 Å². The van der Waals surface area contributed by atoms with Crippen molar-refractivity contribution in [1.82, 2.24) is 24.9 Å². The molecule has 2 heterocycles. The SMILES string of the molecule is CCN(CC(C)(C)O)C(=O)c1cc(-c2c(C)nn(C)c2C)n[nH]1. The lowest BCUT2D eigenvalue weighted by Gasteiger charge is -2.27. The van der Waals surface area contributed by atoms with Gasteiger partial charge in [0.15, 0.2) is 0 Å². The first-order valence-corrected chi connectivity index (χ1v) is 7.71. The highest BCUT2D eigenvalue weighted by Crippen LogP contribution is 2.25. The van der Waals surface area contributed by atoms with E-state index in [-0.39, 0.29) is 12.5 Å². The Morgan fingerprint density at radius 2 is 2.09 bits per heavy atom. The number of aliphatic hydroxyl groups is 1. The van der Waals surface area contributed by atoms with Gasteiger partial charge in [-0.3, -0.25) is 14.6 Å². The predicted molar refractivity (Wildman–Crippen MR) is 88.1 cm³/mol. The molecule has 0 saturated heterocycles. The molecule has 2 aromatic heterocycles. The number of hydrogen-bond donors (Lipinski definition) is 2. The molecule has 0 fully saturated rings. The molecule has 23 heavy (non-hydrogen) atoms. The molecule has 0 bridgehead atoms. The molecule has 0 spiro atoms. The Bertz CT molecular complexity index is 709. The minimum absolute atomic E-state index is 0.174. The minimum atomic E-state index is -0.939. The standard InChI is InChI=1S/C16H25N5O2/c1-7-21(9-16(4,5)23)15(22)13-8-12(17-18-13)14-10(2)19-20(6)11(14)3/h8,23H,7,9H2,1-6H3,(H,17,18). The van der Waals surface area contributed by atoms with E-state index in [4.69, 9.17) is 0 Å². The number of likely N-dealkylation sites (N-methyl/N-ethyl adjacent to an activating group) is 1. The summed E-state index contributed by atoms with van der Waals surface area (Å²) in [6, 6.07) is 1.74. The third-order valence-electron chi connectivity index (χ3n) is 3.82.